The number of amides is 4. The van der Waals surface area contributed by atoms with Crippen LogP contribution in [-0.2, 0) is 23.9 Å². The number of para-hydroxylation sites is 2. The van der Waals surface area contributed by atoms with Gasteiger partial charge in [-0.3, -0.25) is 24.1 Å². The molecule has 0 aromatic heterocycles. The number of hydrogen-bond donors (Lipinski definition) is 1. The van der Waals surface area contributed by atoms with Gasteiger partial charge in [0.2, 0.25) is 23.6 Å². The highest BCUT2D eigenvalue weighted by Crippen LogP contribution is 2.64. The highest BCUT2D eigenvalue weighted by molar-refractivity contribution is 6.25. The van der Waals surface area contributed by atoms with Crippen LogP contribution in [0.4, 0.5) is 17.1 Å². The van der Waals surface area contributed by atoms with Gasteiger partial charge < -0.3 is 19.5 Å². The fourth-order valence-corrected chi connectivity index (χ4v) is 9.08. The summed E-state index contributed by atoms with van der Waals surface area (Å²) in [7, 11) is 0. The molecule has 6 atom stereocenters. The number of aliphatic hydroxyl groups is 1. The van der Waals surface area contributed by atoms with E-state index in [1.165, 1.54) is 9.80 Å². The summed E-state index contributed by atoms with van der Waals surface area (Å²) in [5.41, 5.74) is 2.48. The van der Waals surface area contributed by atoms with E-state index in [1.54, 1.807) is 24.3 Å². The predicted molar refractivity (Wildman–Crippen MR) is 182 cm³/mol. The van der Waals surface area contributed by atoms with Crippen LogP contribution in [0.2, 0.25) is 0 Å². The lowest BCUT2D eigenvalue weighted by atomic mass is 9.51. The lowest BCUT2D eigenvalue weighted by Crippen LogP contribution is -2.49. The smallest absolute Gasteiger partial charge is 0.241 e. The molecule has 1 saturated carbocycles. The number of morpholine rings is 1. The number of anilines is 3. The van der Waals surface area contributed by atoms with Crippen molar-refractivity contribution in [1.29, 1.82) is 0 Å². The molecule has 0 unspecified atom stereocenters. The molecule has 3 heterocycles. The minimum absolute atomic E-state index is 0.0618. The predicted octanol–water partition coefficient (Wildman–Crippen LogP) is 4.33. The number of fused-ring (bicyclic) bond motifs is 4. The van der Waals surface area contributed by atoms with Crippen molar-refractivity contribution in [3.63, 3.8) is 0 Å². The number of carbonyl (C=O) groups is 4. The highest BCUT2D eigenvalue weighted by atomic mass is 16.5. The highest BCUT2D eigenvalue weighted by Gasteiger charge is 2.68. The molecule has 3 saturated heterocycles. The van der Waals surface area contributed by atoms with Crippen molar-refractivity contribution in [3.8, 4) is 5.75 Å². The third kappa shape index (κ3) is 4.83. The van der Waals surface area contributed by atoms with E-state index in [4.69, 9.17) is 9.47 Å². The van der Waals surface area contributed by atoms with Gasteiger partial charge in [-0.25, -0.2) is 4.90 Å². The first kappa shape index (κ1) is 31.5. The molecule has 2 aliphatic carbocycles. The number of rotatable bonds is 7. The summed E-state index contributed by atoms with van der Waals surface area (Å²) in [6, 6.07) is 23.9. The average Bonchev–Trinajstić information content (AvgIpc) is 3.51. The zero-order valence-electron chi connectivity index (χ0n) is 27.4. The Balaban J connectivity index is 1.20. The molecule has 0 bridgehead atoms. The molecule has 10 heteroatoms. The van der Waals surface area contributed by atoms with Crippen molar-refractivity contribution in [2.45, 2.75) is 25.7 Å². The number of ether oxygens (including phenoxy) is 2. The number of aliphatic hydroxyl groups excluding tert-OH is 1. The second-order valence-corrected chi connectivity index (χ2v) is 13.7. The molecule has 49 heavy (non-hydrogen) atoms. The molecule has 1 N–H and O–H groups in total. The summed E-state index contributed by atoms with van der Waals surface area (Å²) in [6.45, 7) is 4.60. The quantitative estimate of drug-likeness (QED) is 0.294. The number of imide groups is 2. The summed E-state index contributed by atoms with van der Waals surface area (Å²) >= 11 is 0. The number of benzene rings is 3. The van der Waals surface area contributed by atoms with Crippen LogP contribution in [0.1, 0.15) is 31.2 Å². The van der Waals surface area contributed by atoms with Gasteiger partial charge in [-0.2, -0.15) is 0 Å². The van der Waals surface area contributed by atoms with Crippen molar-refractivity contribution in [1.82, 2.24) is 0 Å². The molecule has 8 rings (SSSR count). The molecule has 4 fully saturated rings. The number of nitrogens with zero attached hydrogens (tertiary/aromatic N) is 3. The fourth-order valence-electron chi connectivity index (χ4n) is 9.08. The molecule has 252 valence electrons. The first-order valence-electron chi connectivity index (χ1n) is 17.1. The Kier molecular flexibility index (Phi) is 7.88. The SMILES string of the molecule is C[C@@]12C(=O)N(c3ccccc3)C(=O)[C@@H]1C[C@@H]1C(=CC[C@@H]3C(=O)N(c4ccc(N5CCOCC5)cc4)C(=O)[C@@H]31)[C@@H]2c1ccccc1OCCO. The molecule has 0 spiro atoms. The van der Waals surface area contributed by atoms with Crippen molar-refractivity contribution in [2.75, 3.05) is 54.2 Å². The van der Waals surface area contributed by atoms with Crippen LogP contribution in [0.15, 0.2) is 90.5 Å². The minimum atomic E-state index is -1.18. The van der Waals surface area contributed by atoms with Crippen LogP contribution in [0.25, 0.3) is 0 Å². The molecule has 3 aromatic carbocycles. The molecular formula is C39H39N3O7. The van der Waals surface area contributed by atoms with Crippen LogP contribution in [0.5, 0.6) is 5.75 Å². The van der Waals surface area contributed by atoms with Gasteiger partial charge in [0.15, 0.2) is 0 Å². The Hall–Kier alpha value is -4.80. The standard InChI is InChI=1S/C39H39N3O7/c1-39-31(36(45)42(38(39)47)25-7-3-2-4-8-25)23-30-27(34(39)28-9-5-6-10-32(28)49-22-19-43)15-16-29-33(30)37(46)41(35(29)44)26-13-11-24(12-14-26)40-17-20-48-21-18-40/h2-15,29-31,33-34,43H,16-23H2,1H3/t29-,30+,31-,33-,34+,39+/m0/s1. The second kappa shape index (κ2) is 12.3. The number of carbonyl (C=O) groups excluding carboxylic acids is 4. The molecule has 3 aliphatic heterocycles. The molecule has 5 aliphatic rings. The largest absolute Gasteiger partial charge is 0.491 e. The van der Waals surface area contributed by atoms with Crippen LogP contribution in [0, 0.1) is 29.1 Å². The first-order chi connectivity index (χ1) is 23.8. The van der Waals surface area contributed by atoms with Crippen molar-refractivity contribution in [2.24, 2.45) is 29.1 Å². The maximum atomic E-state index is 14.6. The topological polar surface area (TPSA) is 117 Å². The zero-order valence-corrected chi connectivity index (χ0v) is 27.4. The monoisotopic (exact) mass is 661 g/mol. The number of allylic oxidation sites excluding steroid dienone is 2. The van der Waals surface area contributed by atoms with E-state index in [0.717, 1.165) is 29.9 Å². The van der Waals surface area contributed by atoms with Crippen LogP contribution in [-0.4, -0.2) is 68.3 Å². The van der Waals surface area contributed by atoms with E-state index in [2.05, 4.69) is 4.90 Å². The fraction of sp³-hybridized carbons (Fsp3) is 0.385. The van der Waals surface area contributed by atoms with Crippen molar-refractivity contribution >= 4 is 40.7 Å². The Morgan fingerprint density at radius 1 is 0.796 bits per heavy atom. The Morgan fingerprint density at radius 2 is 1.47 bits per heavy atom. The normalized spacial score (nSPS) is 29.5. The summed E-state index contributed by atoms with van der Waals surface area (Å²) < 4.78 is 11.5. The van der Waals surface area contributed by atoms with E-state index in [1.807, 2.05) is 67.6 Å². The minimum Gasteiger partial charge on any atom is -0.491 e. The Labute approximate surface area is 284 Å². The van der Waals surface area contributed by atoms with Crippen LogP contribution >= 0.6 is 0 Å². The van der Waals surface area contributed by atoms with Crippen molar-refractivity contribution < 1.29 is 33.8 Å². The van der Waals surface area contributed by atoms with Gasteiger partial charge in [-0.15, -0.1) is 0 Å². The Bertz CT molecular complexity index is 1840. The summed E-state index contributed by atoms with van der Waals surface area (Å²) in [4.78, 5) is 62.4. The number of hydrogen-bond acceptors (Lipinski definition) is 8. The molecular weight excluding hydrogens is 622 g/mol. The zero-order chi connectivity index (χ0) is 33.9. The second-order valence-electron chi connectivity index (χ2n) is 13.7. The first-order valence-corrected chi connectivity index (χ1v) is 17.1. The summed E-state index contributed by atoms with van der Waals surface area (Å²) in [6.07, 6.45) is 2.67. The summed E-state index contributed by atoms with van der Waals surface area (Å²) in [5, 5.41) is 9.59. The molecule has 10 nitrogen and oxygen atoms in total. The lowest BCUT2D eigenvalue weighted by Gasteiger charge is -2.49. The van der Waals surface area contributed by atoms with Gasteiger partial charge in [-0.05, 0) is 68.1 Å². The van der Waals surface area contributed by atoms with Crippen LogP contribution < -0.4 is 19.4 Å². The maximum Gasteiger partial charge on any atom is 0.241 e. The van der Waals surface area contributed by atoms with Gasteiger partial charge in [-0.1, -0.05) is 48.0 Å². The Morgan fingerprint density at radius 3 is 2.20 bits per heavy atom. The van der Waals surface area contributed by atoms with Gasteiger partial charge >= 0.3 is 0 Å². The van der Waals surface area contributed by atoms with Gasteiger partial charge in [0, 0.05) is 30.3 Å². The molecule has 0 radical (unpaired) electrons. The average molecular weight is 662 g/mol. The molecule has 3 aromatic rings. The van der Waals surface area contributed by atoms with E-state index in [9.17, 15) is 24.3 Å². The van der Waals surface area contributed by atoms with E-state index in [0.29, 0.717) is 36.8 Å². The molecule has 4 amide bonds. The van der Waals surface area contributed by atoms with Crippen molar-refractivity contribution in [3.05, 3.63) is 96.1 Å². The van der Waals surface area contributed by atoms with Gasteiger partial charge in [0.25, 0.3) is 0 Å². The maximum absolute atomic E-state index is 14.6. The van der Waals surface area contributed by atoms with E-state index < -0.39 is 35.0 Å². The third-order valence-corrected chi connectivity index (χ3v) is 11.4. The van der Waals surface area contributed by atoms with Crippen LogP contribution in [0.3, 0.4) is 0 Å². The summed E-state index contributed by atoms with van der Waals surface area (Å²) in [5.74, 6) is -3.59. The third-order valence-electron chi connectivity index (χ3n) is 11.4. The van der Waals surface area contributed by atoms with E-state index >= 15 is 0 Å². The van der Waals surface area contributed by atoms with Gasteiger partial charge in [0.1, 0.15) is 12.4 Å². The lowest BCUT2D eigenvalue weighted by molar-refractivity contribution is -0.131. The van der Waals surface area contributed by atoms with E-state index in [-0.39, 0.29) is 43.3 Å². The van der Waals surface area contributed by atoms with Gasteiger partial charge in [0.05, 0.1) is 54.4 Å².